The topological polar surface area (TPSA) is 60.0 Å². The van der Waals surface area contributed by atoms with E-state index in [9.17, 15) is 4.79 Å². The van der Waals surface area contributed by atoms with Crippen molar-refractivity contribution < 1.29 is 19.0 Å². The third-order valence-electron chi connectivity index (χ3n) is 3.78. The molecule has 0 aliphatic carbocycles. The second kappa shape index (κ2) is 15.8. The van der Waals surface area contributed by atoms with Gasteiger partial charge in [0.15, 0.2) is 0 Å². The fraction of sp³-hybridized carbons (Fsp3) is 0.944. The number of ether oxygens (including phenoxy) is 3. The van der Waals surface area contributed by atoms with Crippen molar-refractivity contribution in [2.24, 2.45) is 0 Å². The third kappa shape index (κ3) is 12.7. The second-order valence-corrected chi connectivity index (χ2v) is 5.91. The van der Waals surface area contributed by atoms with E-state index >= 15 is 0 Å². The van der Waals surface area contributed by atoms with Crippen molar-refractivity contribution in [1.82, 2.24) is 10.2 Å². The van der Waals surface area contributed by atoms with Gasteiger partial charge in [-0.2, -0.15) is 0 Å². The van der Waals surface area contributed by atoms with Crippen molar-refractivity contribution in [3.05, 3.63) is 0 Å². The molecule has 1 fully saturated rings. The van der Waals surface area contributed by atoms with Crippen LogP contribution in [0.5, 0.6) is 0 Å². The molecule has 1 heterocycles. The van der Waals surface area contributed by atoms with Gasteiger partial charge in [-0.05, 0) is 26.7 Å². The Morgan fingerprint density at radius 3 is 2.12 bits per heavy atom. The fourth-order valence-corrected chi connectivity index (χ4v) is 2.45. The molecule has 0 aromatic rings. The van der Waals surface area contributed by atoms with Gasteiger partial charge in [-0.1, -0.05) is 13.8 Å². The Balaban J connectivity index is 0.00000254. The van der Waals surface area contributed by atoms with Gasteiger partial charge in [0.2, 0.25) is 5.91 Å². The molecule has 6 nitrogen and oxygen atoms in total. The molecule has 1 aliphatic heterocycles. The predicted octanol–water partition coefficient (Wildman–Crippen LogP) is 2.07. The summed E-state index contributed by atoms with van der Waals surface area (Å²) in [5, 5.41) is 2.67. The molecule has 0 spiro atoms. The Labute approximate surface area is 148 Å². The van der Waals surface area contributed by atoms with Crippen LogP contribution >= 0.6 is 0 Å². The molecule has 1 rings (SSSR count). The zero-order chi connectivity index (χ0) is 18.2. The van der Waals surface area contributed by atoms with E-state index in [1.807, 2.05) is 13.8 Å². The number of nitrogens with zero attached hydrogens (tertiary/aromatic N) is 1. The van der Waals surface area contributed by atoms with Gasteiger partial charge in [0, 0.05) is 32.6 Å². The van der Waals surface area contributed by atoms with Gasteiger partial charge in [0.05, 0.1) is 39.1 Å². The molecule has 1 saturated heterocycles. The van der Waals surface area contributed by atoms with Crippen LogP contribution in [0.4, 0.5) is 0 Å². The number of nitrogens with one attached hydrogen (secondary N) is 1. The highest BCUT2D eigenvalue weighted by Crippen LogP contribution is 2.15. The minimum absolute atomic E-state index is 0.0313. The summed E-state index contributed by atoms with van der Waals surface area (Å²) in [7, 11) is 0. The number of piperidine rings is 1. The summed E-state index contributed by atoms with van der Waals surface area (Å²) in [4.78, 5) is 13.1. The maximum atomic E-state index is 10.6. The van der Waals surface area contributed by atoms with Crippen LogP contribution in [-0.4, -0.2) is 75.6 Å². The lowest BCUT2D eigenvalue weighted by atomic mass is 10.1. The standard InChI is InChI=1S/C16H32N2O4.C2H6/c1-14(2)18-7-4-16(5-8-18)22-13-12-21-11-10-20-9-6-17-15(3)19;1-2/h14,16H,4-13H2,1-3H3,(H,17,19);1-2H3. The summed E-state index contributed by atoms with van der Waals surface area (Å²) in [6, 6.07) is 0.634. The number of hydrogen-bond donors (Lipinski definition) is 1. The molecular formula is C18H38N2O4. The SMILES string of the molecule is CC.CC(=O)NCCOCCOCCOC1CCN(C(C)C)CC1. The summed E-state index contributed by atoms with van der Waals surface area (Å²) >= 11 is 0. The molecule has 6 heteroatoms. The normalized spacial score (nSPS) is 15.9. The Morgan fingerprint density at radius 2 is 1.58 bits per heavy atom. The molecule has 0 atom stereocenters. The number of amides is 1. The van der Waals surface area contributed by atoms with E-state index in [4.69, 9.17) is 14.2 Å². The molecule has 1 amide bonds. The lowest BCUT2D eigenvalue weighted by Crippen LogP contribution is -2.41. The Morgan fingerprint density at radius 1 is 1.04 bits per heavy atom. The average molecular weight is 347 g/mol. The lowest BCUT2D eigenvalue weighted by Gasteiger charge is -2.34. The van der Waals surface area contributed by atoms with E-state index < -0.39 is 0 Å². The molecule has 1 N–H and O–H groups in total. The number of carbonyl (C=O) groups excluding carboxylic acids is 1. The maximum Gasteiger partial charge on any atom is 0.216 e. The van der Waals surface area contributed by atoms with E-state index in [0.29, 0.717) is 51.7 Å². The molecule has 0 aromatic carbocycles. The molecule has 0 unspecified atom stereocenters. The number of hydrogen-bond acceptors (Lipinski definition) is 5. The average Bonchev–Trinajstić information content (AvgIpc) is 2.58. The van der Waals surface area contributed by atoms with Crippen molar-refractivity contribution in [2.75, 3.05) is 52.7 Å². The number of likely N-dealkylation sites (tertiary alicyclic amines) is 1. The summed E-state index contributed by atoms with van der Waals surface area (Å²) in [6.45, 7) is 15.7. The monoisotopic (exact) mass is 346 g/mol. The van der Waals surface area contributed by atoms with Gasteiger partial charge < -0.3 is 24.4 Å². The van der Waals surface area contributed by atoms with Gasteiger partial charge in [-0.15, -0.1) is 0 Å². The van der Waals surface area contributed by atoms with Crippen LogP contribution < -0.4 is 5.32 Å². The van der Waals surface area contributed by atoms with Crippen molar-refractivity contribution >= 4 is 5.91 Å². The van der Waals surface area contributed by atoms with Crippen LogP contribution in [0.25, 0.3) is 0 Å². The molecule has 24 heavy (non-hydrogen) atoms. The summed E-state index contributed by atoms with van der Waals surface area (Å²) in [6.07, 6.45) is 2.61. The van der Waals surface area contributed by atoms with Crippen molar-refractivity contribution in [1.29, 1.82) is 0 Å². The van der Waals surface area contributed by atoms with Crippen LogP contribution in [0.15, 0.2) is 0 Å². The van der Waals surface area contributed by atoms with Crippen molar-refractivity contribution in [3.8, 4) is 0 Å². The van der Waals surface area contributed by atoms with Crippen LogP contribution in [0, 0.1) is 0 Å². The van der Waals surface area contributed by atoms with Crippen LogP contribution in [0.2, 0.25) is 0 Å². The molecule has 0 radical (unpaired) electrons. The highest BCUT2D eigenvalue weighted by atomic mass is 16.5. The lowest BCUT2D eigenvalue weighted by molar-refractivity contribution is -0.119. The van der Waals surface area contributed by atoms with Gasteiger partial charge in [0.25, 0.3) is 0 Å². The van der Waals surface area contributed by atoms with E-state index in [-0.39, 0.29) is 5.91 Å². The minimum Gasteiger partial charge on any atom is -0.377 e. The highest BCUT2D eigenvalue weighted by Gasteiger charge is 2.20. The molecule has 0 bridgehead atoms. The number of rotatable bonds is 11. The first-order valence-corrected chi connectivity index (χ1v) is 9.35. The molecule has 0 saturated carbocycles. The summed E-state index contributed by atoms with van der Waals surface area (Å²) < 4.78 is 16.6. The Hall–Kier alpha value is -0.690. The molecular weight excluding hydrogens is 308 g/mol. The van der Waals surface area contributed by atoms with Crippen LogP contribution in [0.3, 0.4) is 0 Å². The van der Waals surface area contributed by atoms with E-state index in [2.05, 4.69) is 24.1 Å². The van der Waals surface area contributed by atoms with E-state index in [0.717, 1.165) is 25.9 Å². The van der Waals surface area contributed by atoms with Crippen molar-refractivity contribution in [3.63, 3.8) is 0 Å². The predicted molar refractivity (Wildman–Crippen MR) is 97.4 cm³/mol. The van der Waals surface area contributed by atoms with Gasteiger partial charge in [0.1, 0.15) is 0 Å². The first-order chi connectivity index (χ1) is 11.6. The zero-order valence-electron chi connectivity index (χ0n) is 16.3. The summed E-state index contributed by atoms with van der Waals surface area (Å²) in [5.74, 6) is -0.0313. The fourth-order valence-electron chi connectivity index (χ4n) is 2.45. The van der Waals surface area contributed by atoms with Gasteiger partial charge >= 0.3 is 0 Å². The van der Waals surface area contributed by atoms with Gasteiger partial charge in [-0.3, -0.25) is 4.79 Å². The van der Waals surface area contributed by atoms with Crippen molar-refractivity contribution in [2.45, 2.75) is 59.6 Å². The minimum atomic E-state index is -0.0313. The Kier molecular flexibility index (Phi) is 15.4. The Bertz CT molecular complexity index is 293. The summed E-state index contributed by atoms with van der Waals surface area (Å²) in [5.41, 5.74) is 0. The third-order valence-corrected chi connectivity index (χ3v) is 3.78. The highest BCUT2D eigenvalue weighted by molar-refractivity contribution is 5.72. The smallest absolute Gasteiger partial charge is 0.216 e. The molecule has 144 valence electrons. The largest absolute Gasteiger partial charge is 0.377 e. The number of carbonyl (C=O) groups is 1. The first-order valence-electron chi connectivity index (χ1n) is 9.35. The second-order valence-electron chi connectivity index (χ2n) is 5.91. The van der Waals surface area contributed by atoms with E-state index in [1.54, 1.807) is 0 Å². The maximum absolute atomic E-state index is 10.6. The molecule has 1 aliphatic rings. The quantitative estimate of drug-likeness (QED) is 0.580. The van der Waals surface area contributed by atoms with Crippen LogP contribution in [0.1, 0.15) is 47.5 Å². The first kappa shape index (κ1) is 23.3. The zero-order valence-corrected chi connectivity index (χ0v) is 16.3. The van der Waals surface area contributed by atoms with Gasteiger partial charge in [-0.25, -0.2) is 0 Å². The molecule has 0 aromatic heterocycles. The van der Waals surface area contributed by atoms with E-state index in [1.165, 1.54) is 6.92 Å². The van der Waals surface area contributed by atoms with Crippen LogP contribution in [-0.2, 0) is 19.0 Å².